The van der Waals surface area contributed by atoms with Crippen LogP contribution < -0.4 is 22.2 Å². The predicted molar refractivity (Wildman–Crippen MR) is 144 cm³/mol. The number of benzene rings is 2. The molecule has 0 fully saturated rings. The molecular formula is C26H25N7OS. The van der Waals surface area contributed by atoms with Crippen molar-refractivity contribution in [3.05, 3.63) is 95.1 Å². The van der Waals surface area contributed by atoms with Gasteiger partial charge in [-0.3, -0.25) is 9.78 Å². The van der Waals surface area contributed by atoms with Crippen LogP contribution in [0.5, 0.6) is 0 Å². The fraction of sp³-hybridized carbons (Fsp3) is 0.0769. The molecule has 0 atom stereocenters. The summed E-state index contributed by atoms with van der Waals surface area (Å²) in [4.78, 5) is 18.6. The zero-order chi connectivity index (χ0) is 24.6. The molecule has 2 aromatic carbocycles. The zero-order valence-corrected chi connectivity index (χ0v) is 19.9. The van der Waals surface area contributed by atoms with Gasteiger partial charge in [-0.15, -0.1) is 11.3 Å². The van der Waals surface area contributed by atoms with Crippen LogP contribution >= 0.6 is 11.3 Å². The third kappa shape index (κ3) is 5.71. The molecule has 1 amide bonds. The number of hydrogen-bond donors (Lipinski definition) is 4. The molecule has 176 valence electrons. The molecule has 0 aliphatic carbocycles. The lowest BCUT2D eigenvalue weighted by atomic mass is 10.1. The van der Waals surface area contributed by atoms with Gasteiger partial charge in [-0.2, -0.15) is 5.10 Å². The van der Waals surface area contributed by atoms with Gasteiger partial charge in [0, 0.05) is 45.7 Å². The number of nitrogens with two attached hydrogens (primary N) is 2. The first-order chi connectivity index (χ1) is 17.1. The topological polar surface area (TPSA) is 131 Å². The molecule has 0 unspecified atom stereocenters. The van der Waals surface area contributed by atoms with Gasteiger partial charge in [0.2, 0.25) is 6.41 Å². The van der Waals surface area contributed by atoms with E-state index >= 15 is 0 Å². The number of nitrogens with one attached hydrogen (secondary N) is 2. The number of amidine groups is 1. The first kappa shape index (κ1) is 23.7. The van der Waals surface area contributed by atoms with Crippen LogP contribution in [-0.4, -0.2) is 22.2 Å². The van der Waals surface area contributed by atoms with E-state index in [-0.39, 0.29) is 0 Å². The lowest BCUT2D eigenvalue weighted by molar-refractivity contribution is -0.109. The van der Waals surface area contributed by atoms with Crippen molar-refractivity contribution in [2.45, 2.75) is 13.5 Å². The summed E-state index contributed by atoms with van der Waals surface area (Å²) in [6.45, 7) is 2.62. The van der Waals surface area contributed by atoms with Crippen LogP contribution in [0.2, 0.25) is 0 Å². The van der Waals surface area contributed by atoms with Gasteiger partial charge in [0.1, 0.15) is 11.7 Å². The van der Waals surface area contributed by atoms with Crippen molar-refractivity contribution in [2.24, 2.45) is 16.7 Å². The SMILES string of the molecule is Cc1cccc(Nc2nc3cc(/C(N)=N/N)ccc3c3sccc23)c1.O=CNCc1cccnc1. The Balaban J connectivity index is 0.000000243. The van der Waals surface area contributed by atoms with E-state index in [2.05, 4.69) is 51.2 Å². The fourth-order valence-corrected chi connectivity index (χ4v) is 4.48. The average molecular weight is 484 g/mol. The third-order valence-electron chi connectivity index (χ3n) is 5.22. The fourth-order valence-electron chi connectivity index (χ4n) is 3.55. The molecule has 0 bridgehead atoms. The Bertz CT molecular complexity index is 1480. The molecule has 0 saturated carbocycles. The second kappa shape index (κ2) is 11.1. The summed E-state index contributed by atoms with van der Waals surface area (Å²) in [5, 5.41) is 13.8. The molecule has 0 radical (unpaired) electrons. The number of carbonyl (C=O) groups excluding carboxylic acids is 1. The minimum absolute atomic E-state index is 0.295. The standard InChI is InChI=1S/C19H17N5S.C7H8N2O/c1-11-3-2-4-13(9-11)22-19-15-7-8-25-17(15)14-6-5-12(18(20)24-21)10-16(14)23-19;10-6-9-5-7-2-1-3-8-4-7/h2-10H,21H2,1H3,(H2,20,24)(H,22,23);1-4,6H,5H2,(H,9,10). The minimum Gasteiger partial charge on any atom is -0.382 e. The maximum atomic E-state index is 9.85. The van der Waals surface area contributed by atoms with Gasteiger partial charge >= 0.3 is 0 Å². The number of aromatic nitrogens is 2. The normalized spacial score (nSPS) is 11.1. The van der Waals surface area contributed by atoms with Crippen molar-refractivity contribution in [2.75, 3.05) is 5.32 Å². The van der Waals surface area contributed by atoms with Gasteiger partial charge in [0.25, 0.3) is 0 Å². The summed E-state index contributed by atoms with van der Waals surface area (Å²) >= 11 is 1.70. The van der Waals surface area contributed by atoms with Crippen LogP contribution in [0, 0.1) is 6.92 Å². The molecule has 3 aromatic heterocycles. The van der Waals surface area contributed by atoms with Crippen LogP contribution in [0.25, 0.3) is 21.0 Å². The van der Waals surface area contributed by atoms with E-state index in [4.69, 9.17) is 16.6 Å². The molecule has 9 heteroatoms. The first-order valence-electron chi connectivity index (χ1n) is 10.8. The molecule has 0 aliphatic heterocycles. The number of aryl methyl sites for hydroxylation is 1. The molecule has 6 N–H and O–H groups in total. The zero-order valence-electron chi connectivity index (χ0n) is 19.1. The Morgan fingerprint density at radius 2 is 2.00 bits per heavy atom. The molecule has 8 nitrogen and oxygen atoms in total. The lowest BCUT2D eigenvalue weighted by Crippen LogP contribution is -2.15. The summed E-state index contributed by atoms with van der Waals surface area (Å²) in [6, 6.07) is 19.9. The van der Waals surface area contributed by atoms with Crippen molar-refractivity contribution in [3.63, 3.8) is 0 Å². The van der Waals surface area contributed by atoms with Crippen LogP contribution in [-0.2, 0) is 11.3 Å². The Hall–Kier alpha value is -4.50. The van der Waals surface area contributed by atoms with Gasteiger partial charge in [-0.1, -0.05) is 30.3 Å². The van der Waals surface area contributed by atoms with Gasteiger partial charge in [0.05, 0.1) is 5.52 Å². The number of pyridine rings is 2. The smallest absolute Gasteiger partial charge is 0.207 e. The number of fused-ring (bicyclic) bond motifs is 3. The Morgan fingerprint density at radius 1 is 1.11 bits per heavy atom. The summed E-state index contributed by atoms with van der Waals surface area (Å²) in [7, 11) is 0. The molecule has 5 aromatic rings. The maximum Gasteiger partial charge on any atom is 0.207 e. The van der Waals surface area contributed by atoms with E-state index in [1.165, 1.54) is 10.3 Å². The maximum absolute atomic E-state index is 9.85. The van der Waals surface area contributed by atoms with E-state index < -0.39 is 0 Å². The van der Waals surface area contributed by atoms with Crippen molar-refractivity contribution in [3.8, 4) is 0 Å². The molecule has 0 saturated heterocycles. The monoisotopic (exact) mass is 483 g/mol. The Labute approximate surface area is 206 Å². The number of amides is 1. The van der Waals surface area contributed by atoms with Crippen LogP contribution in [0.3, 0.4) is 0 Å². The predicted octanol–water partition coefficient (Wildman–Crippen LogP) is 4.41. The van der Waals surface area contributed by atoms with Gasteiger partial charge in [-0.25, -0.2) is 4.98 Å². The molecule has 0 spiro atoms. The highest BCUT2D eigenvalue weighted by Gasteiger charge is 2.11. The third-order valence-corrected chi connectivity index (χ3v) is 6.17. The van der Waals surface area contributed by atoms with Crippen molar-refractivity contribution in [1.29, 1.82) is 0 Å². The Kier molecular flexibility index (Phi) is 7.49. The van der Waals surface area contributed by atoms with Crippen molar-refractivity contribution in [1.82, 2.24) is 15.3 Å². The number of anilines is 2. The number of carbonyl (C=O) groups is 1. The number of thiophene rings is 1. The highest BCUT2D eigenvalue weighted by Crippen LogP contribution is 2.35. The number of hydrazone groups is 1. The number of rotatable bonds is 6. The average Bonchev–Trinajstić information content (AvgIpc) is 3.38. The first-order valence-corrected chi connectivity index (χ1v) is 11.7. The van der Waals surface area contributed by atoms with E-state index in [0.717, 1.165) is 38.9 Å². The van der Waals surface area contributed by atoms with Crippen LogP contribution in [0.15, 0.2) is 83.5 Å². The quantitative estimate of drug-likeness (QED) is 0.0930. The summed E-state index contributed by atoms with van der Waals surface area (Å²) in [5.74, 6) is 6.42. The Morgan fingerprint density at radius 3 is 2.74 bits per heavy atom. The van der Waals surface area contributed by atoms with E-state index in [1.54, 1.807) is 23.7 Å². The number of nitrogens with zero attached hydrogens (tertiary/aromatic N) is 3. The lowest BCUT2D eigenvalue weighted by Gasteiger charge is -2.10. The minimum atomic E-state index is 0.295. The summed E-state index contributed by atoms with van der Waals surface area (Å²) in [6.07, 6.45) is 4.09. The molecule has 5 rings (SSSR count). The second-order valence-electron chi connectivity index (χ2n) is 7.72. The van der Waals surface area contributed by atoms with E-state index in [1.807, 2.05) is 42.5 Å². The molecule has 35 heavy (non-hydrogen) atoms. The van der Waals surface area contributed by atoms with Crippen LogP contribution in [0.1, 0.15) is 16.7 Å². The molecule has 0 aliphatic rings. The largest absolute Gasteiger partial charge is 0.382 e. The van der Waals surface area contributed by atoms with Gasteiger partial charge < -0.3 is 22.2 Å². The van der Waals surface area contributed by atoms with Crippen molar-refractivity contribution >= 4 is 56.1 Å². The van der Waals surface area contributed by atoms with Gasteiger partial charge in [0.15, 0.2) is 0 Å². The highest BCUT2D eigenvalue weighted by atomic mass is 32.1. The van der Waals surface area contributed by atoms with Crippen molar-refractivity contribution < 1.29 is 4.79 Å². The summed E-state index contributed by atoms with van der Waals surface area (Å²) in [5.41, 5.74) is 10.7. The van der Waals surface area contributed by atoms with E-state index in [0.29, 0.717) is 18.8 Å². The van der Waals surface area contributed by atoms with Gasteiger partial charge in [-0.05, 0) is 53.8 Å². The van der Waals surface area contributed by atoms with E-state index in [9.17, 15) is 4.79 Å². The number of hydrogen-bond acceptors (Lipinski definition) is 7. The highest BCUT2D eigenvalue weighted by molar-refractivity contribution is 7.18. The second-order valence-corrected chi connectivity index (χ2v) is 8.64. The van der Waals surface area contributed by atoms with Crippen LogP contribution in [0.4, 0.5) is 11.5 Å². The molecular weight excluding hydrogens is 458 g/mol. The molecule has 3 heterocycles. The summed E-state index contributed by atoms with van der Waals surface area (Å²) < 4.78 is 1.19.